The number of nitrogens with zero attached hydrogens (tertiary/aromatic N) is 2. The van der Waals surface area contributed by atoms with Gasteiger partial charge in [-0.1, -0.05) is 12.1 Å². The van der Waals surface area contributed by atoms with Gasteiger partial charge in [-0.15, -0.1) is 0 Å². The molecule has 6 nitrogen and oxygen atoms in total. The summed E-state index contributed by atoms with van der Waals surface area (Å²) in [6.07, 6.45) is 5.25. The molecule has 6 heteroatoms. The number of piperazine rings is 1. The summed E-state index contributed by atoms with van der Waals surface area (Å²) >= 11 is 0. The zero-order valence-corrected chi connectivity index (χ0v) is 14.8. The minimum absolute atomic E-state index is 0.0593. The summed E-state index contributed by atoms with van der Waals surface area (Å²) in [5, 5.41) is 0.934. The van der Waals surface area contributed by atoms with Gasteiger partial charge in [0.25, 0.3) is 0 Å². The van der Waals surface area contributed by atoms with Crippen molar-refractivity contribution < 1.29 is 18.7 Å². The Morgan fingerprint density at radius 3 is 2.58 bits per heavy atom. The predicted octanol–water partition coefficient (Wildman–Crippen LogP) is 2.54. The minimum atomic E-state index is -0.0593. The molecule has 1 aliphatic carbocycles. The van der Waals surface area contributed by atoms with Gasteiger partial charge < -0.3 is 19.0 Å². The zero-order valence-electron chi connectivity index (χ0n) is 14.8. The lowest BCUT2D eigenvalue weighted by molar-refractivity contribution is -0.138. The number of benzene rings is 1. The summed E-state index contributed by atoms with van der Waals surface area (Å²) < 4.78 is 11.1. The van der Waals surface area contributed by atoms with Gasteiger partial charge >= 0.3 is 0 Å². The topological polar surface area (TPSA) is 63.0 Å². The standard InChI is InChI=1S/C20H22N2O4/c1-25-17-4-2-3-15-13-16(26-19(15)17)7-8-18(23)21-9-11-22(12-10-21)20(24)14-5-6-14/h2-4,7-8,13-14H,5-6,9-12H2,1H3. The van der Waals surface area contributed by atoms with Crippen LogP contribution in [0.5, 0.6) is 5.75 Å². The lowest BCUT2D eigenvalue weighted by atomic mass is 10.2. The number of rotatable bonds is 4. The Kier molecular flexibility index (Phi) is 4.41. The lowest BCUT2D eigenvalue weighted by Gasteiger charge is -2.34. The second-order valence-corrected chi connectivity index (χ2v) is 6.79. The van der Waals surface area contributed by atoms with E-state index in [0.717, 1.165) is 18.2 Å². The Balaban J connectivity index is 1.38. The minimum Gasteiger partial charge on any atom is -0.493 e. The van der Waals surface area contributed by atoms with E-state index in [4.69, 9.17) is 9.15 Å². The van der Waals surface area contributed by atoms with Crippen molar-refractivity contribution in [3.63, 3.8) is 0 Å². The normalized spacial score (nSPS) is 17.9. The first-order valence-corrected chi connectivity index (χ1v) is 8.98. The van der Waals surface area contributed by atoms with Crippen molar-refractivity contribution in [3.05, 3.63) is 36.1 Å². The van der Waals surface area contributed by atoms with E-state index in [0.29, 0.717) is 43.3 Å². The van der Waals surface area contributed by atoms with Gasteiger partial charge in [0, 0.05) is 43.6 Å². The van der Waals surface area contributed by atoms with Crippen molar-refractivity contribution in [1.82, 2.24) is 9.80 Å². The molecule has 2 aliphatic rings. The number of amides is 2. The molecule has 0 atom stereocenters. The number of para-hydroxylation sites is 1. The molecule has 1 aromatic carbocycles. The second kappa shape index (κ2) is 6.86. The Labute approximate surface area is 152 Å². The number of furan rings is 1. The van der Waals surface area contributed by atoms with Crippen molar-refractivity contribution in [2.75, 3.05) is 33.3 Å². The summed E-state index contributed by atoms with van der Waals surface area (Å²) in [6, 6.07) is 7.56. The van der Waals surface area contributed by atoms with E-state index in [2.05, 4.69) is 0 Å². The van der Waals surface area contributed by atoms with Gasteiger partial charge in [0.15, 0.2) is 11.3 Å². The van der Waals surface area contributed by atoms with E-state index in [1.165, 1.54) is 6.08 Å². The van der Waals surface area contributed by atoms with Crippen molar-refractivity contribution in [1.29, 1.82) is 0 Å². The average molecular weight is 354 g/mol. The largest absolute Gasteiger partial charge is 0.493 e. The SMILES string of the molecule is COc1cccc2cc(C=CC(=O)N3CCN(C(=O)C4CC4)CC3)oc12. The average Bonchev–Trinajstić information content (AvgIpc) is 3.44. The van der Waals surface area contributed by atoms with Crippen LogP contribution in [-0.4, -0.2) is 54.9 Å². The maximum atomic E-state index is 12.4. The van der Waals surface area contributed by atoms with Crippen LogP contribution in [0.15, 0.2) is 34.8 Å². The Morgan fingerprint density at radius 2 is 1.88 bits per heavy atom. The van der Waals surface area contributed by atoms with E-state index in [1.807, 2.05) is 29.2 Å². The maximum Gasteiger partial charge on any atom is 0.246 e. The molecule has 0 N–H and O–H groups in total. The van der Waals surface area contributed by atoms with Gasteiger partial charge in [-0.25, -0.2) is 0 Å². The van der Waals surface area contributed by atoms with E-state index in [-0.39, 0.29) is 17.7 Å². The van der Waals surface area contributed by atoms with Crippen LogP contribution in [0.1, 0.15) is 18.6 Å². The Morgan fingerprint density at radius 1 is 1.15 bits per heavy atom. The summed E-state index contributed by atoms with van der Waals surface area (Å²) in [7, 11) is 1.60. The quantitative estimate of drug-likeness (QED) is 0.792. The predicted molar refractivity (Wildman–Crippen MR) is 97.7 cm³/mol. The third kappa shape index (κ3) is 3.31. The molecule has 1 saturated heterocycles. The number of carbonyl (C=O) groups is 2. The molecule has 26 heavy (non-hydrogen) atoms. The first-order valence-electron chi connectivity index (χ1n) is 8.98. The van der Waals surface area contributed by atoms with Crippen molar-refractivity contribution >= 4 is 28.9 Å². The van der Waals surface area contributed by atoms with Crippen LogP contribution < -0.4 is 4.74 Å². The summed E-state index contributed by atoms with van der Waals surface area (Å²) in [5.74, 6) is 1.72. The van der Waals surface area contributed by atoms with Crippen LogP contribution in [0.25, 0.3) is 17.0 Å². The summed E-state index contributed by atoms with van der Waals surface area (Å²) in [5.41, 5.74) is 0.675. The third-order valence-electron chi connectivity index (χ3n) is 4.97. The Bertz CT molecular complexity index is 858. The van der Waals surface area contributed by atoms with Crippen LogP contribution in [0.4, 0.5) is 0 Å². The monoisotopic (exact) mass is 354 g/mol. The number of hydrogen-bond acceptors (Lipinski definition) is 4. The molecule has 136 valence electrons. The molecule has 0 spiro atoms. The van der Waals surface area contributed by atoms with Gasteiger partial charge in [-0.2, -0.15) is 0 Å². The number of methoxy groups -OCH3 is 1. The fourth-order valence-corrected chi connectivity index (χ4v) is 3.29. The number of carbonyl (C=O) groups excluding carboxylic acids is 2. The number of hydrogen-bond donors (Lipinski definition) is 0. The smallest absolute Gasteiger partial charge is 0.246 e. The van der Waals surface area contributed by atoms with Crippen molar-refractivity contribution in [3.8, 4) is 5.75 Å². The van der Waals surface area contributed by atoms with Gasteiger partial charge in [0.05, 0.1) is 7.11 Å². The molecule has 1 aliphatic heterocycles. The molecular formula is C20H22N2O4. The van der Waals surface area contributed by atoms with E-state index in [1.54, 1.807) is 18.1 Å². The lowest BCUT2D eigenvalue weighted by Crippen LogP contribution is -2.50. The zero-order chi connectivity index (χ0) is 18.1. The van der Waals surface area contributed by atoms with Gasteiger partial charge in [-0.3, -0.25) is 9.59 Å². The molecule has 0 unspecified atom stereocenters. The van der Waals surface area contributed by atoms with Gasteiger partial charge in [0.1, 0.15) is 5.76 Å². The van der Waals surface area contributed by atoms with Crippen LogP contribution >= 0.6 is 0 Å². The fourth-order valence-electron chi connectivity index (χ4n) is 3.29. The molecule has 1 aromatic heterocycles. The second-order valence-electron chi connectivity index (χ2n) is 6.79. The first kappa shape index (κ1) is 16.7. The molecular weight excluding hydrogens is 332 g/mol. The highest BCUT2D eigenvalue weighted by molar-refractivity contribution is 5.93. The molecule has 1 saturated carbocycles. The van der Waals surface area contributed by atoms with Crippen LogP contribution in [0, 0.1) is 5.92 Å². The summed E-state index contributed by atoms with van der Waals surface area (Å²) in [6.45, 7) is 2.40. The summed E-state index contributed by atoms with van der Waals surface area (Å²) in [4.78, 5) is 28.1. The fraction of sp³-hybridized carbons (Fsp3) is 0.400. The highest BCUT2D eigenvalue weighted by atomic mass is 16.5. The molecule has 4 rings (SSSR count). The van der Waals surface area contributed by atoms with E-state index in [9.17, 15) is 9.59 Å². The van der Waals surface area contributed by atoms with Crippen LogP contribution in [0.3, 0.4) is 0 Å². The number of ether oxygens (including phenoxy) is 1. The van der Waals surface area contributed by atoms with Crippen molar-refractivity contribution in [2.24, 2.45) is 5.92 Å². The van der Waals surface area contributed by atoms with Gasteiger partial charge in [0.2, 0.25) is 11.8 Å². The highest BCUT2D eigenvalue weighted by Crippen LogP contribution is 2.31. The molecule has 0 radical (unpaired) electrons. The highest BCUT2D eigenvalue weighted by Gasteiger charge is 2.34. The first-order chi connectivity index (χ1) is 12.7. The Hall–Kier alpha value is -2.76. The number of fused-ring (bicyclic) bond motifs is 1. The molecule has 2 aromatic rings. The van der Waals surface area contributed by atoms with E-state index < -0.39 is 0 Å². The maximum absolute atomic E-state index is 12.4. The third-order valence-corrected chi connectivity index (χ3v) is 4.97. The molecule has 2 fully saturated rings. The van der Waals surface area contributed by atoms with E-state index >= 15 is 0 Å². The molecule has 2 heterocycles. The molecule has 2 amide bonds. The molecule has 0 bridgehead atoms. The van der Waals surface area contributed by atoms with Gasteiger partial charge in [-0.05, 0) is 31.1 Å². The van der Waals surface area contributed by atoms with Crippen molar-refractivity contribution in [2.45, 2.75) is 12.8 Å². The van der Waals surface area contributed by atoms with Crippen LogP contribution in [-0.2, 0) is 9.59 Å². The van der Waals surface area contributed by atoms with Crippen LogP contribution in [0.2, 0.25) is 0 Å².